The molecule has 1 spiro atoms. The molecule has 1 amide bonds. The van der Waals surface area contributed by atoms with Gasteiger partial charge in [0.2, 0.25) is 0 Å². The molecular formula is C24H21F2N5O3. The number of carbonyl (C=O) groups is 1. The van der Waals surface area contributed by atoms with Gasteiger partial charge in [0, 0.05) is 18.2 Å². The topological polar surface area (TPSA) is 123 Å². The minimum Gasteiger partial charge on any atom is -0.396 e. The van der Waals surface area contributed by atoms with E-state index < -0.39 is 40.9 Å². The van der Waals surface area contributed by atoms with Crippen LogP contribution in [0.4, 0.5) is 20.2 Å². The predicted octanol–water partition coefficient (Wildman–Crippen LogP) is 3.56. The fourth-order valence-electron chi connectivity index (χ4n) is 4.16. The smallest absolute Gasteiger partial charge is 0.276 e. The number of halogens is 2. The molecule has 1 saturated heterocycles. The van der Waals surface area contributed by atoms with Crippen LogP contribution in [-0.2, 0) is 4.74 Å². The van der Waals surface area contributed by atoms with Crippen LogP contribution < -0.4 is 11.1 Å². The van der Waals surface area contributed by atoms with Gasteiger partial charge in [0.05, 0.1) is 47.1 Å². The van der Waals surface area contributed by atoms with Crippen molar-refractivity contribution in [2.45, 2.75) is 37.1 Å². The highest BCUT2D eigenvalue weighted by molar-refractivity contribution is 6.06. The van der Waals surface area contributed by atoms with Crippen molar-refractivity contribution in [1.29, 1.82) is 0 Å². The minimum absolute atomic E-state index is 0.0685. The number of hydrogen-bond donors (Lipinski definition) is 3. The number of aliphatic hydroxyl groups is 1. The van der Waals surface area contributed by atoms with E-state index in [1.807, 2.05) is 0 Å². The lowest BCUT2D eigenvalue weighted by Gasteiger charge is -2.36. The number of nitrogens with two attached hydrogens (primary N) is 1. The lowest BCUT2D eigenvalue weighted by Crippen LogP contribution is -2.35. The highest BCUT2D eigenvalue weighted by Gasteiger charge is 2.53. The summed E-state index contributed by atoms with van der Waals surface area (Å²) in [6, 6.07) is 5.05. The number of amides is 1. The molecule has 0 bridgehead atoms. The van der Waals surface area contributed by atoms with Crippen LogP contribution in [0.5, 0.6) is 0 Å². The van der Waals surface area contributed by atoms with E-state index in [9.17, 15) is 18.7 Å². The van der Waals surface area contributed by atoms with Gasteiger partial charge in [-0.1, -0.05) is 12.6 Å². The maximum absolute atomic E-state index is 14.2. The second-order valence-corrected chi connectivity index (χ2v) is 8.39. The number of ether oxygens (including phenoxy) is 1. The fraction of sp³-hybridized carbons (Fsp3) is 0.250. The number of carbonyl (C=O) groups excluding carboxylic acids is 1. The molecule has 2 atom stereocenters. The van der Waals surface area contributed by atoms with Crippen molar-refractivity contribution in [2.24, 2.45) is 0 Å². The van der Waals surface area contributed by atoms with Gasteiger partial charge in [0.25, 0.3) is 5.91 Å². The summed E-state index contributed by atoms with van der Waals surface area (Å²) < 4.78 is 34.6. The Labute approximate surface area is 193 Å². The second-order valence-electron chi connectivity index (χ2n) is 8.39. The molecule has 1 saturated carbocycles. The summed E-state index contributed by atoms with van der Waals surface area (Å²) in [5.41, 5.74) is 6.21. The van der Waals surface area contributed by atoms with Crippen molar-refractivity contribution in [3.05, 3.63) is 77.9 Å². The number of nitrogen functional groups attached to an aromatic ring is 1. The zero-order chi connectivity index (χ0) is 24.0. The van der Waals surface area contributed by atoms with Crippen LogP contribution >= 0.6 is 0 Å². The maximum atomic E-state index is 14.2. The molecule has 174 valence electrons. The first-order valence-electron chi connectivity index (χ1n) is 10.7. The standard InChI is InChI=1S/C24H21F2N5O3/c1-12-18(32)9-19(34-24(12)6-7-24)13-5-8-28-11-17(13)30-23(33)21-16(27)10-29-22(31-21)20-14(25)3-2-4-15(20)26/h2-5,8,10-11,18-19,32H,1,6-7,9,27H2,(H,30,33)/t18-,19-/m0/s1. The zero-order valence-corrected chi connectivity index (χ0v) is 18.0. The van der Waals surface area contributed by atoms with Gasteiger partial charge in [-0.15, -0.1) is 0 Å². The first kappa shape index (κ1) is 22.1. The molecule has 10 heteroatoms. The number of rotatable bonds is 4. The average Bonchev–Trinajstić information content (AvgIpc) is 3.58. The molecule has 1 aliphatic heterocycles. The molecular weight excluding hydrogens is 444 g/mol. The molecule has 5 rings (SSSR count). The summed E-state index contributed by atoms with van der Waals surface area (Å²) in [6.07, 6.45) is 4.73. The zero-order valence-electron chi connectivity index (χ0n) is 18.0. The van der Waals surface area contributed by atoms with Crippen molar-refractivity contribution in [1.82, 2.24) is 15.0 Å². The predicted molar refractivity (Wildman–Crippen MR) is 120 cm³/mol. The van der Waals surface area contributed by atoms with Crippen molar-refractivity contribution >= 4 is 17.3 Å². The summed E-state index contributed by atoms with van der Waals surface area (Å²) in [5.74, 6) is -2.76. The number of nitrogens with zero attached hydrogens (tertiary/aromatic N) is 3. The normalized spacial score (nSPS) is 20.9. The summed E-state index contributed by atoms with van der Waals surface area (Å²) in [7, 11) is 0. The van der Waals surface area contributed by atoms with Crippen molar-refractivity contribution in [3.8, 4) is 11.4 Å². The van der Waals surface area contributed by atoms with E-state index in [2.05, 4.69) is 26.8 Å². The van der Waals surface area contributed by atoms with E-state index in [0.29, 0.717) is 16.8 Å². The fourth-order valence-corrected chi connectivity index (χ4v) is 4.16. The van der Waals surface area contributed by atoms with Gasteiger partial charge < -0.3 is 20.9 Å². The SMILES string of the molecule is C=C1[C@@H](O)C[C@@H](c2ccncc2NC(=O)c2nc(-c3c(F)cccc3F)ncc2N)OC12CC2. The van der Waals surface area contributed by atoms with E-state index in [4.69, 9.17) is 10.5 Å². The average molecular weight is 465 g/mol. The number of hydrogen-bond acceptors (Lipinski definition) is 7. The number of nitrogens with one attached hydrogen (secondary N) is 1. The van der Waals surface area contributed by atoms with Crippen LogP contribution in [0.3, 0.4) is 0 Å². The summed E-state index contributed by atoms with van der Waals surface area (Å²) in [6.45, 7) is 3.97. The quantitative estimate of drug-likeness (QED) is 0.504. The Morgan fingerprint density at radius 1 is 1.24 bits per heavy atom. The van der Waals surface area contributed by atoms with E-state index in [0.717, 1.165) is 31.2 Å². The molecule has 1 aliphatic carbocycles. The summed E-state index contributed by atoms with van der Waals surface area (Å²) in [5, 5.41) is 13.2. The summed E-state index contributed by atoms with van der Waals surface area (Å²) >= 11 is 0. The van der Waals surface area contributed by atoms with E-state index in [1.54, 1.807) is 12.3 Å². The highest BCUT2D eigenvalue weighted by atomic mass is 19.1. The Kier molecular flexibility index (Phi) is 5.34. The van der Waals surface area contributed by atoms with Gasteiger partial charge in [-0.3, -0.25) is 9.78 Å². The molecule has 2 fully saturated rings. The van der Waals surface area contributed by atoms with E-state index >= 15 is 0 Å². The molecule has 2 aliphatic rings. The van der Waals surface area contributed by atoms with Gasteiger partial charge in [-0.05, 0) is 36.6 Å². The van der Waals surface area contributed by atoms with Crippen LogP contribution in [0.15, 0.2) is 55.0 Å². The monoisotopic (exact) mass is 465 g/mol. The van der Waals surface area contributed by atoms with Gasteiger partial charge in [-0.25, -0.2) is 18.7 Å². The van der Waals surface area contributed by atoms with Gasteiger partial charge >= 0.3 is 0 Å². The van der Waals surface area contributed by atoms with E-state index in [1.165, 1.54) is 12.3 Å². The first-order chi connectivity index (χ1) is 16.3. The van der Waals surface area contributed by atoms with Crippen molar-refractivity contribution < 1.29 is 23.4 Å². The van der Waals surface area contributed by atoms with Crippen LogP contribution in [0.1, 0.15) is 41.4 Å². The molecule has 2 aromatic heterocycles. The highest BCUT2D eigenvalue weighted by Crippen LogP contribution is 2.54. The second kappa shape index (κ2) is 8.23. The first-order valence-corrected chi connectivity index (χ1v) is 10.7. The molecule has 8 nitrogen and oxygen atoms in total. The van der Waals surface area contributed by atoms with Crippen LogP contribution in [0, 0.1) is 11.6 Å². The number of benzene rings is 1. The van der Waals surface area contributed by atoms with Gasteiger partial charge in [0.1, 0.15) is 11.6 Å². The van der Waals surface area contributed by atoms with Crippen LogP contribution in [0.2, 0.25) is 0 Å². The van der Waals surface area contributed by atoms with Crippen LogP contribution in [0.25, 0.3) is 11.4 Å². The third-order valence-corrected chi connectivity index (χ3v) is 6.17. The Morgan fingerprint density at radius 3 is 2.68 bits per heavy atom. The van der Waals surface area contributed by atoms with Gasteiger partial charge in [0.15, 0.2) is 11.5 Å². The number of aromatic nitrogens is 3. The Bertz CT molecular complexity index is 1290. The minimum atomic E-state index is -0.866. The lowest BCUT2D eigenvalue weighted by atomic mass is 9.91. The molecule has 1 aromatic carbocycles. The van der Waals surface area contributed by atoms with E-state index in [-0.39, 0.29) is 23.6 Å². The molecule has 34 heavy (non-hydrogen) atoms. The molecule has 0 radical (unpaired) electrons. The third kappa shape index (κ3) is 3.80. The maximum Gasteiger partial charge on any atom is 0.276 e. The summed E-state index contributed by atoms with van der Waals surface area (Å²) in [4.78, 5) is 25.1. The third-order valence-electron chi connectivity index (χ3n) is 6.17. The Hall–Kier alpha value is -3.76. The van der Waals surface area contributed by atoms with Crippen molar-refractivity contribution in [3.63, 3.8) is 0 Å². The molecule has 0 unspecified atom stereocenters. The number of aliphatic hydroxyl groups excluding tert-OH is 1. The largest absolute Gasteiger partial charge is 0.396 e. The number of pyridine rings is 1. The molecule has 4 N–H and O–H groups in total. The van der Waals surface area contributed by atoms with Crippen LogP contribution in [-0.4, -0.2) is 37.7 Å². The molecule has 3 aromatic rings. The van der Waals surface area contributed by atoms with Crippen molar-refractivity contribution in [2.75, 3.05) is 11.1 Å². The molecule has 3 heterocycles. The Morgan fingerprint density at radius 2 is 1.97 bits per heavy atom. The van der Waals surface area contributed by atoms with Gasteiger partial charge in [-0.2, -0.15) is 0 Å². The lowest BCUT2D eigenvalue weighted by molar-refractivity contribution is -0.0722. The Balaban J connectivity index is 1.45. The number of anilines is 2.